The van der Waals surface area contributed by atoms with Crippen LogP contribution in [0.2, 0.25) is 5.02 Å². The maximum absolute atomic E-state index is 14.9. The molecule has 6 nitrogen and oxygen atoms in total. The number of fused-ring (bicyclic) bond motifs is 1. The number of thiazole rings is 1. The lowest BCUT2D eigenvalue weighted by molar-refractivity contribution is 0.208. The van der Waals surface area contributed by atoms with E-state index in [9.17, 15) is 9.50 Å². The lowest BCUT2D eigenvalue weighted by atomic mass is 10.0. The Balaban J connectivity index is 1.49. The maximum atomic E-state index is 14.9. The summed E-state index contributed by atoms with van der Waals surface area (Å²) in [7, 11) is 0. The van der Waals surface area contributed by atoms with Gasteiger partial charge in [0.25, 0.3) is 0 Å². The Morgan fingerprint density at radius 1 is 1.10 bits per heavy atom. The number of piperazine rings is 1. The number of aryl methyl sites for hydroxylation is 1. The Bertz CT molecular complexity index is 1230. The summed E-state index contributed by atoms with van der Waals surface area (Å²) in [5.74, 6) is 0.316. The summed E-state index contributed by atoms with van der Waals surface area (Å²) in [5.41, 5.74) is 1.61. The molecule has 0 unspecified atom stereocenters. The quantitative estimate of drug-likeness (QED) is 0.488. The van der Waals surface area contributed by atoms with Crippen molar-refractivity contribution >= 4 is 33.6 Å². The van der Waals surface area contributed by atoms with Crippen molar-refractivity contribution in [2.45, 2.75) is 13.0 Å². The number of aromatic hydroxyl groups is 1. The van der Waals surface area contributed by atoms with Gasteiger partial charge in [0.2, 0.25) is 10.8 Å². The van der Waals surface area contributed by atoms with Crippen molar-refractivity contribution in [2.24, 2.45) is 0 Å². The number of hydrogen-bond acceptors (Lipinski definition) is 6. The van der Waals surface area contributed by atoms with Crippen molar-refractivity contribution in [3.05, 3.63) is 75.6 Å². The molecule has 9 heteroatoms. The average molecular weight is 458 g/mol. The molecule has 1 atom stereocenters. The molecule has 1 N–H and O–H groups in total. The highest BCUT2D eigenvalue weighted by molar-refractivity contribution is 7.17. The molecule has 1 aliphatic rings. The second-order valence-corrected chi connectivity index (χ2v) is 9.02. The molecular formula is C22H21ClFN5OS. The van der Waals surface area contributed by atoms with E-state index in [2.05, 4.69) is 19.9 Å². The van der Waals surface area contributed by atoms with Gasteiger partial charge >= 0.3 is 0 Å². The summed E-state index contributed by atoms with van der Waals surface area (Å²) in [4.78, 5) is 10.1. The van der Waals surface area contributed by atoms with Gasteiger partial charge in [0, 0.05) is 42.5 Å². The molecule has 1 saturated heterocycles. The van der Waals surface area contributed by atoms with E-state index in [4.69, 9.17) is 11.6 Å². The van der Waals surface area contributed by atoms with Gasteiger partial charge in [0.05, 0.1) is 10.9 Å². The molecule has 5 rings (SSSR count). The molecule has 0 amide bonds. The van der Waals surface area contributed by atoms with Gasteiger partial charge in [-0.2, -0.15) is 4.52 Å². The van der Waals surface area contributed by atoms with Gasteiger partial charge in [-0.05, 0) is 31.2 Å². The number of hydrogen-bond donors (Lipinski definition) is 1. The lowest BCUT2D eigenvalue weighted by Gasteiger charge is -2.40. The summed E-state index contributed by atoms with van der Waals surface area (Å²) in [6, 6.07) is 14.1. The number of benzene rings is 2. The van der Waals surface area contributed by atoms with E-state index in [1.54, 1.807) is 19.1 Å². The van der Waals surface area contributed by atoms with Gasteiger partial charge < -0.3 is 10.0 Å². The fourth-order valence-electron chi connectivity index (χ4n) is 4.14. The normalized spacial score (nSPS) is 16.2. The fraction of sp³-hybridized carbons (Fsp3) is 0.273. The Hall–Kier alpha value is -2.68. The van der Waals surface area contributed by atoms with Crippen LogP contribution in [0.1, 0.15) is 22.3 Å². The monoisotopic (exact) mass is 457 g/mol. The van der Waals surface area contributed by atoms with E-state index in [-0.39, 0.29) is 11.7 Å². The highest BCUT2D eigenvalue weighted by atomic mass is 35.5. The SMILES string of the molecule is Cc1nc2sc([C@@H](c3ccccc3F)N3CCN(c4cccc(Cl)c4)CC3)c(O)n2n1. The first-order chi connectivity index (χ1) is 15.0. The van der Waals surface area contributed by atoms with Crippen molar-refractivity contribution in [1.82, 2.24) is 19.5 Å². The third kappa shape index (κ3) is 3.75. The third-order valence-corrected chi connectivity index (χ3v) is 6.91. The first-order valence-corrected chi connectivity index (χ1v) is 11.2. The molecule has 0 spiro atoms. The van der Waals surface area contributed by atoms with E-state index in [0.717, 1.165) is 18.8 Å². The van der Waals surface area contributed by atoms with Gasteiger partial charge in [0.1, 0.15) is 11.6 Å². The van der Waals surface area contributed by atoms with E-state index >= 15 is 0 Å². The van der Waals surface area contributed by atoms with Crippen LogP contribution in [-0.2, 0) is 0 Å². The zero-order chi connectivity index (χ0) is 21.5. The number of aromatic nitrogens is 3. The molecule has 2 aromatic carbocycles. The van der Waals surface area contributed by atoms with Crippen LogP contribution >= 0.6 is 22.9 Å². The summed E-state index contributed by atoms with van der Waals surface area (Å²) >= 11 is 7.51. The fourth-order valence-corrected chi connectivity index (χ4v) is 5.48. The second kappa shape index (κ2) is 8.11. The number of anilines is 1. The van der Waals surface area contributed by atoms with Crippen molar-refractivity contribution in [2.75, 3.05) is 31.1 Å². The third-order valence-electron chi connectivity index (χ3n) is 5.61. The van der Waals surface area contributed by atoms with Gasteiger partial charge in [-0.3, -0.25) is 4.90 Å². The van der Waals surface area contributed by atoms with Crippen LogP contribution < -0.4 is 4.90 Å². The largest absolute Gasteiger partial charge is 0.492 e. The molecule has 3 heterocycles. The van der Waals surface area contributed by atoms with Crippen LogP contribution in [-0.4, -0.2) is 50.8 Å². The summed E-state index contributed by atoms with van der Waals surface area (Å²) in [6.45, 7) is 4.73. The van der Waals surface area contributed by atoms with Gasteiger partial charge in [-0.1, -0.05) is 47.2 Å². The van der Waals surface area contributed by atoms with E-state index < -0.39 is 6.04 Å². The molecule has 4 aromatic rings. The average Bonchev–Trinajstić information content (AvgIpc) is 3.27. The highest BCUT2D eigenvalue weighted by Gasteiger charge is 2.33. The molecule has 0 radical (unpaired) electrons. The molecule has 1 fully saturated rings. The van der Waals surface area contributed by atoms with E-state index in [1.165, 1.54) is 21.9 Å². The summed E-state index contributed by atoms with van der Waals surface area (Å²) in [5, 5.41) is 15.9. The standard InChI is InChI=1S/C22H21ClFN5OS/c1-14-25-22-29(26-14)21(30)20(31-22)19(17-7-2-3-8-18(17)24)28-11-9-27(10-12-28)16-6-4-5-15(23)13-16/h2-8,13,19,30H,9-12H2,1H3/t19-/m1/s1. The Labute approximate surface area is 188 Å². The van der Waals surface area contributed by atoms with E-state index in [0.29, 0.717) is 39.3 Å². The van der Waals surface area contributed by atoms with Crippen molar-refractivity contribution in [1.29, 1.82) is 0 Å². The minimum atomic E-state index is -0.420. The maximum Gasteiger partial charge on any atom is 0.230 e. The summed E-state index contributed by atoms with van der Waals surface area (Å²) in [6.07, 6.45) is 0. The van der Waals surface area contributed by atoms with Crippen molar-refractivity contribution < 1.29 is 9.50 Å². The van der Waals surface area contributed by atoms with Gasteiger partial charge in [0.15, 0.2) is 0 Å². The molecule has 0 aliphatic carbocycles. The Kier molecular flexibility index (Phi) is 5.29. The smallest absolute Gasteiger partial charge is 0.230 e. The topological polar surface area (TPSA) is 56.9 Å². The van der Waals surface area contributed by atoms with Gasteiger partial charge in [-0.15, -0.1) is 5.10 Å². The lowest BCUT2D eigenvalue weighted by Crippen LogP contribution is -2.48. The predicted molar refractivity (Wildman–Crippen MR) is 121 cm³/mol. The highest BCUT2D eigenvalue weighted by Crippen LogP contribution is 2.41. The van der Waals surface area contributed by atoms with Crippen molar-refractivity contribution in [3.63, 3.8) is 0 Å². The second-order valence-electron chi connectivity index (χ2n) is 7.57. The van der Waals surface area contributed by atoms with E-state index in [1.807, 2.05) is 30.3 Å². The van der Waals surface area contributed by atoms with Crippen molar-refractivity contribution in [3.8, 4) is 5.88 Å². The number of rotatable bonds is 4. The minimum Gasteiger partial charge on any atom is -0.492 e. The number of halogens is 2. The van der Waals surface area contributed by atoms with Gasteiger partial charge in [-0.25, -0.2) is 9.37 Å². The number of nitrogens with zero attached hydrogens (tertiary/aromatic N) is 5. The summed E-state index contributed by atoms with van der Waals surface area (Å²) < 4.78 is 16.3. The molecule has 160 valence electrons. The molecule has 31 heavy (non-hydrogen) atoms. The molecular weight excluding hydrogens is 437 g/mol. The first-order valence-electron chi connectivity index (χ1n) is 10.1. The zero-order valence-electron chi connectivity index (χ0n) is 16.9. The Morgan fingerprint density at radius 2 is 1.87 bits per heavy atom. The van der Waals surface area contributed by atoms with Crippen LogP contribution in [0.15, 0.2) is 48.5 Å². The van der Waals surface area contributed by atoms with Crippen LogP contribution in [0.25, 0.3) is 4.96 Å². The zero-order valence-corrected chi connectivity index (χ0v) is 18.4. The molecule has 2 aromatic heterocycles. The molecule has 0 saturated carbocycles. The molecule has 1 aliphatic heterocycles. The van der Waals surface area contributed by atoms with Crippen LogP contribution in [0.5, 0.6) is 5.88 Å². The van der Waals surface area contributed by atoms with Crippen LogP contribution in [0.3, 0.4) is 0 Å². The first kappa shape index (κ1) is 20.2. The Morgan fingerprint density at radius 3 is 2.58 bits per heavy atom. The predicted octanol–water partition coefficient (Wildman–Crippen LogP) is 4.51. The van der Waals surface area contributed by atoms with Crippen LogP contribution in [0.4, 0.5) is 10.1 Å². The van der Waals surface area contributed by atoms with Crippen LogP contribution in [0, 0.1) is 12.7 Å². The minimum absolute atomic E-state index is 0.0196. The molecule has 0 bridgehead atoms.